The Balaban J connectivity index is 0.000000404. The number of carboxylic acid groups (broad SMARTS) is 2. The molecule has 188 valence electrons. The second-order valence-electron chi connectivity index (χ2n) is 9.62. The molecule has 2 aromatic carbocycles. The molecule has 0 amide bonds. The number of carbonyl (C=O) groups excluding carboxylic acids is 1. The maximum absolute atomic E-state index is 10.4. The third kappa shape index (κ3) is 13.1. The zero-order valence-electron chi connectivity index (χ0n) is 21.3. The van der Waals surface area contributed by atoms with Gasteiger partial charge in [-0.05, 0) is 18.9 Å². The molecule has 34 heavy (non-hydrogen) atoms. The van der Waals surface area contributed by atoms with Crippen molar-refractivity contribution in [3.05, 3.63) is 71.3 Å². The highest BCUT2D eigenvalue weighted by molar-refractivity contribution is 6.00. The fraction of sp³-hybridized carbons (Fsp3) is 0.517. The summed E-state index contributed by atoms with van der Waals surface area (Å²) in [5.74, 6) is -2.75. The van der Waals surface area contributed by atoms with Gasteiger partial charge in [0.15, 0.2) is 0 Å². The number of carbonyl (C=O) groups is 2. The van der Waals surface area contributed by atoms with Crippen LogP contribution in [-0.2, 0) is 6.54 Å². The average Bonchev–Trinajstić information content (AvgIpc) is 2.81. The lowest BCUT2D eigenvalue weighted by Gasteiger charge is -2.30. The fourth-order valence-electron chi connectivity index (χ4n) is 4.03. The summed E-state index contributed by atoms with van der Waals surface area (Å²) in [5.41, 5.74) is 0.905. The Morgan fingerprint density at radius 2 is 1.21 bits per heavy atom. The van der Waals surface area contributed by atoms with Gasteiger partial charge in [-0.15, -0.1) is 0 Å². The molecule has 0 aromatic heterocycles. The average molecular weight is 470 g/mol. The summed E-state index contributed by atoms with van der Waals surface area (Å²) in [6.45, 7) is 4.74. The third-order valence-corrected chi connectivity index (χ3v) is 5.95. The highest BCUT2D eigenvalue weighted by Crippen LogP contribution is 2.14. The fourth-order valence-corrected chi connectivity index (χ4v) is 4.03. The molecule has 0 spiro atoms. The first-order chi connectivity index (χ1) is 16.3. The Hall–Kier alpha value is -2.66. The number of quaternary nitrogens is 1. The van der Waals surface area contributed by atoms with Gasteiger partial charge in [0.2, 0.25) is 0 Å². The van der Waals surface area contributed by atoms with Crippen molar-refractivity contribution >= 4 is 11.9 Å². The number of unbranched alkanes of at least 4 members (excludes halogenated alkanes) is 9. The minimum atomic E-state index is -1.48. The smallest absolute Gasteiger partial charge is 0.336 e. The number of hydrogen-bond donors (Lipinski definition) is 1. The van der Waals surface area contributed by atoms with Crippen LogP contribution >= 0.6 is 0 Å². The van der Waals surface area contributed by atoms with Crippen molar-refractivity contribution in [3.63, 3.8) is 0 Å². The van der Waals surface area contributed by atoms with Gasteiger partial charge in [0.1, 0.15) is 6.54 Å². The first kappa shape index (κ1) is 29.4. The lowest BCUT2D eigenvalue weighted by molar-refractivity contribution is -0.903. The van der Waals surface area contributed by atoms with Crippen LogP contribution < -0.4 is 5.11 Å². The molecule has 0 bridgehead atoms. The van der Waals surface area contributed by atoms with Gasteiger partial charge in [0.05, 0.1) is 32.2 Å². The van der Waals surface area contributed by atoms with E-state index in [0.717, 1.165) is 11.0 Å². The van der Waals surface area contributed by atoms with Gasteiger partial charge >= 0.3 is 5.97 Å². The zero-order chi connectivity index (χ0) is 25.2. The highest BCUT2D eigenvalue weighted by atomic mass is 16.4. The second-order valence-corrected chi connectivity index (χ2v) is 9.62. The van der Waals surface area contributed by atoms with Crippen molar-refractivity contribution in [2.45, 2.75) is 77.7 Å². The molecule has 0 fully saturated rings. The van der Waals surface area contributed by atoms with Gasteiger partial charge in [-0.2, -0.15) is 0 Å². The minimum absolute atomic E-state index is 0.252. The van der Waals surface area contributed by atoms with Gasteiger partial charge in [0.25, 0.3) is 0 Å². The van der Waals surface area contributed by atoms with Gasteiger partial charge in [-0.1, -0.05) is 107 Å². The molecule has 0 aliphatic heterocycles. The zero-order valence-corrected chi connectivity index (χ0v) is 21.3. The Morgan fingerprint density at radius 1 is 0.735 bits per heavy atom. The predicted molar refractivity (Wildman–Crippen MR) is 137 cm³/mol. The number of rotatable bonds is 15. The van der Waals surface area contributed by atoms with E-state index in [2.05, 4.69) is 51.4 Å². The number of aromatic carboxylic acids is 2. The van der Waals surface area contributed by atoms with Crippen LogP contribution in [0.15, 0.2) is 54.6 Å². The van der Waals surface area contributed by atoms with E-state index in [0.29, 0.717) is 0 Å². The van der Waals surface area contributed by atoms with Crippen molar-refractivity contribution in [1.82, 2.24) is 0 Å². The maximum atomic E-state index is 10.4. The first-order valence-corrected chi connectivity index (χ1v) is 12.7. The van der Waals surface area contributed by atoms with E-state index in [4.69, 9.17) is 5.11 Å². The molecular formula is C29H43NO4. The van der Waals surface area contributed by atoms with Gasteiger partial charge in [-0.3, -0.25) is 0 Å². The van der Waals surface area contributed by atoms with Crippen LogP contribution in [-0.4, -0.2) is 42.2 Å². The molecule has 0 unspecified atom stereocenters. The summed E-state index contributed by atoms with van der Waals surface area (Å²) < 4.78 is 1.11. The summed E-state index contributed by atoms with van der Waals surface area (Å²) in [4.78, 5) is 20.8. The van der Waals surface area contributed by atoms with E-state index in [-0.39, 0.29) is 11.1 Å². The Morgan fingerprint density at radius 3 is 1.68 bits per heavy atom. The standard InChI is InChI=1S/C21H38N.C8H6O4/c1-4-5-6-7-8-9-10-11-12-16-19-22(2,3)20-21-17-14-13-15-18-21;9-7(10)5-3-1-2-4-6(5)8(11)12/h13-15,17-18H,4-12,16,19-20H2,1-3H3;1-4H,(H,9,10)(H,11,12)/q+1;/p-1. The lowest BCUT2D eigenvalue weighted by Crippen LogP contribution is -2.39. The van der Waals surface area contributed by atoms with Crippen LogP contribution in [0.1, 0.15) is 97.4 Å². The maximum Gasteiger partial charge on any atom is 0.336 e. The second kappa shape index (κ2) is 16.9. The van der Waals surface area contributed by atoms with Crippen molar-refractivity contribution in [1.29, 1.82) is 0 Å². The van der Waals surface area contributed by atoms with Crippen molar-refractivity contribution in [2.24, 2.45) is 0 Å². The molecule has 2 aromatic rings. The molecule has 0 aliphatic rings. The quantitative estimate of drug-likeness (QED) is 0.259. The number of benzene rings is 2. The van der Waals surface area contributed by atoms with E-state index in [1.165, 1.54) is 101 Å². The van der Waals surface area contributed by atoms with Gasteiger partial charge in [0, 0.05) is 11.1 Å². The topological polar surface area (TPSA) is 77.4 Å². The summed E-state index contributed by atoms with van der Waals surface area (Å²) in [7, 11) is 4.72. The van der Waals surface area contributed by atoms with Crippen LogP contribution in [0.5, 0.6) is 0 Å². The van der Waals surface area contributed by atoms with E-state index >= 15 is 0 Å². The van der Waals surface area contributed by atoms with Crippen LogP contribution in [0.25, 0.3) is 0 Å². The predicted octanol–water partition coefficient (Wildman–Crippen LogP) is 5.93. The molecule has 5 nitrogen and oxygen atoms in total. The lowest BCUT2D eigenvalue weighted by atomic mass is 10.1. The molecule has 0 saturated heterocycles. The van der Waals surface area contributed by atoms with E-state index in [9.17, 15) is 14.7 Å². The molecule has 0 radical (unpaired) electrons. The molecule has 0 aliphatic carbocycles. The summed E-state index contributed by atoms with van der Waals surface area (Å²) >= 11 is 0. The third-order valence-electron chi connectivity index (χ3n) is 5.95. The largest absolute Gasteiger partial charge is 0.545 e. The molecule has 0 atom stereocenters. The van der Waals surface area contributed by atoms with Crippen LogP contribution in [0.2, 0.25) is 0 Å². The first-order valence-electron chi connectivity index (χ1n) is 12.7. The van der Waals surface area contributed by atoms with Gasteiger partial charge < -0.3 is 19.5 Å². The molecule has 0 heterocycles. The van der Waals surface area contributed by atoms with Crippen molar-refractivity contribution in [2.75, 3.05) is 20.6 Å². The summed E-state index contributed by atoms with van der Waals surface area (Å²) in [5, 5.41) is 18.9. The molecule has 5 heteroatoms. The molecule has 0 saturated carbocycles. The summed E-state index contributed by atoms with van der Waals surface area (Å²) in [6, 6.07) is 16.2. The van der Waals surface area contributed by atoms with Crippen LogP contribution in [0, 0.1) is 0 Å². The Kier molecular flexibility index (Phi) is 14.6. The molecule has 1 N–H and O–H groups in total. The number of nitrogens with zero attached hydrogens (tertiary/aromatic N) is 1. The summed E-state index contributed by atoms with van der Waals surface area (Å²) in [6.07, 6.45) is 14.2. The van der Waals surface area contributed by atoms with Crippen LogP contribution in [0.3, 0.4) is 0 Å². The Labute approximate surface area is 206 Å². The normalized spacial score (nSPS) is 10.9. The minimum Gasteiger partial charge on any atom is -0.545 e. The number of carboxylic acids is 2. The molecule has 2 rings (SSSR count). The van der Waals surface area contributed by atoms with Crippen LogP contribution in [0.4, 0.5) is 0 Å². The van der Waals surface area contributed by atoms with E-state index in [1.807, 2.05) is 0 Å². The van der Waals surface area contributed by atoms with Crippen molar-refractivity contribution in [3.8, 4) is 0 Å². The van der Waals surface area contributed by atoms with E-state index in [1.54, 1.807) is 0 Å². The molecular weight excluding hydrogens is 426 g/mol. The SMILES string of the molecule is CCCCCCCCCCCC[N+](C)(C)Cc1ccccc1.O=C([O-])c1ccccc1C(=O)O. The van der Waals surface area contributed by atoms with E-state index < -0.39 is 11.9 Å². The Bertz CT molecular complexity index is 800. The van der Waals surface area contributed by atoms with Crippen molar-refractivity contribution < 1.29 is 24.3 Å². The van der Waals surface area contributed by atoms with Gasteiger partial charge in [-0.25, -0.2) is 4.79 Å². The number of hydrogen-bond acceptors (Lipinski definition) is 3. The monoisotopic (exact) mass is 469 g/mol. The highest BCUT2D eigenvalue weighted by Gasteiger charge is 2.14.